The van der Waals surface area contributed by atoms with Crippen LogP contribution in [0.1, 0.15) is 26.2 Å². The van der Waals surface area contributed by atoms with Crippen LogP contribution in [0.4, 0.5) is 10.1 Å². The van der Waals surface area contributed by atoms with Crippen molar-refractivity contribution in [1.29, 1.82) is 0 Å². The summed E-state index contributed by atoms with van der Waals surface area (Å²) in [6.45, 7) is 2.69. The number of hydrogen-bond acceptors (Lipinski definition) is 2. The van der Waals surface area contributed by atoms with Crippen molar-refractivity contribution in [2.45, 2.75) is 26.2 Å². The maximum absolute atomic E-state index is 13.2. The number of para-hydroxylation sites is 1. The highest BCUT2D eigenvalue weighted by Gasteiger charge is 2.08. The molecule has 1 aromatic carbocycles. The Balaban J connectivity index is 2.37. The summed E-state index contributed by atoms with van der Waals surface area (Å²) >= 11 is 0. The zero-order valence-electron chi connectivity index (χ0n) is 10.1. The Bertz CT molecular complexity index is 368. The molecule has 0 aliphatic heterocycles. The molecule has 1 unspecified atom stereocenters. The van der Waals surface area contributed by atoms with Crippen molar-refractivity contribution in [3.8, 4) is 0 Å². The molecule has 0 aliphatic rings. The average molecular weight is 238 g/mol. The third-order valence-corrected chi connectivity index (χ3v) is 2.67. The monoisotopic (exact) mass is 238 g/mol. The van der Waals surface area contributed by atoms with Gasteiger partial charge >= 0.3 is 0 Å². The van der Waals surface area contributed by atoms with E-state index in [0.717, 1.165) is 12.8 Å². The van der Waals surface area contributed by atoms with Crippen LogP contribution in [0.15, 0.2) is 24.3 Å². The van der Waals surface area contributed by atoms with Gasteiger partial charge in [0.25, 0.3) is 0 Å². The lowest BCUT2D eigenvalue weighted by Gasteiger charge is -2.10. The third kappa shape index (κ3) is 4.95. The normalized spacial score (nSPS) is 12.2. The number of benzene rings is 1. The predicted octanol–water partition coefficient (Wildman–Crippen LogP) is 2.53. The van der Waals surface area contributed by atoms with Gasteiger partial charge < -0.3 is 11.1 Å². The molecule has 94 valence electrons. The molecule has 4 heteroatoms. The molecule has 0 bridgehead atoms. The van der Waals surface area contributed by atoms with Gasteiger partial charge in [-0.3, -0.25) is 4.79 Å². The van der Waals surface area contributed by atoms with Gasteiger partial charge in [0.2, 0.25) is 5.91 Å². The van der Waals surface area contributed by atoms with Gasteiger partial charge in [0.15, 0.2) is 0 Å². The van der Waals surface area contributed by atoms with Crippen molar-refractivity contribution in [3.63, 3.8) is 0 Å². The van der Waals surface area contributed by atoms with Crippen molar-refractivity contribution in [2.75, 3.05) is 11.9 Å². The first-order valence-corrected chi connectivity index (χ1v) is 5.88. The zero-order valence-corrected chi connectivity index (χ0v) is 10.1. The van der Waals surface area contributed by atoms with Crippen LogP contribution < -0.4 is 11.1 Å². The number of carbonyl (C=O) groups is 1. The molecule has 3 N–H and O–H groups in total. The first-order chi connectivity index (χ1) is 8.13. The van der Waals surface area contributed by atoms with Crippen LogP contribution in [-0.4, -0.2) is 12.5 Å². The molecule has 1 atom stereocenters. The number of halogens is 1. The fourth-order valence-electron chi connectivity index (χ4n) is 1.58. The van der Waals surface area contributed by atoms with Crippen LogP contribution in [0.3, 0.4) is 0 Å². The molecule has 0 spiro atoms. The van der Waals surface area contributed by atoms with Crippen LogP contribution in [-0.2, 0) is 4.79 Å². The fourth-order valence-corrected chi connectivity index (χ4v) is 1.58. The summed E-state index contributed by atoms with van der Waals surface area (Å²) in [6, 6.07) is 6.16. The summed E-state index contributed by atoms with van der Waals surface area (Å²) in [5.74, 6) is -0.138. The number of hydrogen-bond donors (Lipinski definition) is 2. The summed E-state index contributed by atoms with van der Waals surface area (Å²) < 4.78 is 13.2. The lowest BCUT2D eigenvalue weighted by Crippen LogP contribution is -2.14. The van der Waals surface area contributed by atoms with Gasteiger partial charge in [0.05, 0.1) is 5.69 Å². The van der Waals surface area contributed by atoms with Gasteiger partial charge in [-0.25, -0.2) is 4.39 Å². The van der Waals surface area contributed by atoms with E-state index in [-0.39, 0.29) is 11.6 Å². The molecule has 0 aromatic heterocycles. The Labute approximate surface area is 101 Å². The van der Waals surface area contributed by atoms with Gasteiger partial charge in [0.1, 0.15) is 5.82 Å². The van der Waals surface area contributed by atoms with E-state index in [9.17, 15) is 9.18 Å². The van der Waals surface area contributed by atoms with E-state index in [1.165, 1.54) is 6.07 Å². The highest BCUT2D eigenvalue weighted by atomic mass is 19.1. The molecular formula is C13H19FN2O. The standard InChI is InChI=1S/C13H19FN2O/c1-10(8-9-15)6-7-13(17)16-12-5-3-2-4-11(12)14/h2-5,10H,6-9,15H2,1H3,(H,16,17). The molecule has 0 saturated heterocycles. The Morgan fingerprint density at radius 2 is 2.12 bits per heavy atom. The highest BCUT2D eigenvalue weighted by Crippen LogP contribution is 2.14. The number of nitrogens with two attached hydrogens (primary N) is 1. The lowest BCUT2D eigenvalue weighted by molar-refractivity contribution is -0.116. The summed E-state index contributed by atoms with van der Waals surface area (Å²) in [5.41, 5.74) is 5.67. The van der Waals surface area contributed by atoms with Crippen molar-refractivity contribution >= 4 is 11.6 Å². The van der Waals surface area contributed by atoms with Gasteiger partial charge in [-0.1, -0.05) is 19.1 Å². The van der Waals surface area contributed by atoms with E-state index in [4.69, 9.17) is 5.73 Å². The second kappa shape index (κ2) is 7.01. The minimum atomic E-state index is -0.407. The number of carbonyl (C=O) groups excluding carboxylic acids is 1. The van der Waals surface area contributed by atoms with Crippen LogP contribution in [0, 0.1) is 11.7 Å². The van der Waals surface area contributed by atoms with E-state index in [2.05, 4.69) is 12.2 Å². The maximum atomic E-state index is 13.2. The van der Waals surface area contributed by atoms with Crippen molar-refractivity contribution in [2.24, 2.45) is 11.7 Å². The summed E-state index contributed by atoms with van der Waals surface area (Å²) in [7, 11) is 0. The largest absolute Gasteiger partial charge is 0.330 e. The molecular weight excluding hydrogens is 219 g/mol. The average Bonchev–Trinajstić information content (AvgIpc) is 2.30. The van der Waals surface area contributed by atoms with E-state index in [1.807, 2.05) is 0 Å². The number of anilines is 1. The van der Waals surface area contributed by atoms with E-state index < -0.39 is 5.82 Å². The molecule has 0 heterocycles. The predicted molar refractivity (Wildman–Crippen MR) is 67.1 cm³/mol. The quantitative estimate of drug-likeness (QED) is 0.800. The second-order valence-corrected chi connectivity index (χ2v) is 4.25. The number of nitrogens with one attached hydrogen (secondary N) is 1. The summed E-state index contributed by atoms with van der Waals surface area (Å²) in [4.78, 5) is 11.6. The van der Waals surface area contributed by atoms with E-state index >= 15 is 0 Å². The Morgan fingerprint density at radius 3 is 2.76 bits per heavy atom. The van der Waals surface area contributed by atoms with Gasteiger partial charge in [-0.15, -0.1) is 0 Å². The van der Waals surface area contributed by atoms with Crippen LogP contribution in [0.2, 0.25) is 0 Å². The molecule has 1 aromatic rings. The van der Waals surface area contributed by atoms with Crippen LogP contribution >= 0.6 is 0 Å². The third-order valence-electron chi connectivity index (χ3n) is 2.67. The van der Waals surface area contributed by atoms with Crippen molar-refractivity contribution < 1.29 is 9.18 Å². The summed E-state index contributed by atoms with van der Waals surface area (Å²) in [6.07, 6.45) is 2.08. The molecule has 17 heavy (non-hydrogen) atoms. The molecule has 0 aliphatic carbocycles. The minimum absolute atomic E-state index is 0.154. The van der Waals surface area contributed by atoms with Gasteiger partial charge in [-0.05, 0) is 37.4 Å². The second-order valence-electron chi connectivity index (χ2n) is 4.25. The Hall–Kier alpha value is -1.42. The van der Waals surface area contributed by atoms with Gasteiger partial charge in [0, 0.05) is 6.42 Å². The van der Waals surface area contributed by atoms with E-state index in [1.54, 1.807) is 18.2 Å². The van der Waals surface area contributed by atoms with Crippen LogP contribution in [0.5, 0.6) is 0 Å². The Morgan fingerprint density at radius 1 is 1.41 bits per heavy atom. The van der Waals surface area contributed by atoms with Gasteiger partial charge in [-0.2, -0.15) is 0 Å². The van der Waals surface area contributed by atoms with Crippen molar-refractivity contribution in [1.82, 2.24) is 0 Å². The zero-order chi connectivity index (χ0) is 12.7. The number of amides is 1. The first-order valence-electron chi connectivity index (χ1n) is 5.88. The minimum Gasteiger partial charge on any atom is -0.330 e. The van der Waals surface area contributed by atoms with Crippen LogP contribution in [0.25, 0.3) is 0 Å². The molecule has 1 amide bonds. The molecule has 0 radical (unpaired) electrons. The van der Waals surface area contributed by atoms with Crippen molar-refractivity contribution in [3.05, 3.63) is 30.1 Å². The number of rotatable bonds is 6. The lowest BCUT2D eigenvalue weighted by atomic mass is 10.0. The smallest absolute Gasteiger partial charge is 0.224 e. The van der Waals surface area contributed by atoms with E-state index in [0.29, 0.717) is 18.9 Å². The molecule has 0 fully saturated rings. The molecule has 1 rings (SSSR count). The maximum Gasteiger partial charge on any atom is 0.224 e. The molecule has 3 nitrogen and oxygen atoms in total. The fraction of sp³-hybridized carbons (Fsp3) is 0.462. The topological polar surface area (TPSA) is 55.1 Å². The Kier molecular flexibility index (Phi) is 5.63. The SMILES string of the molecule is CC(CCN)CCC(=O)Nc1ccccc1F. The first kappa shape index (κ1) is 13.6. The molecule has 0 saturated carbocycles. The summed E-state index contributed by atoms with van der Waals surface area (Å²) in [5, 5.41) is 2.56. The highest BCUT2D eigenvalue weighted by molar-refractivity contribution is 5.90.